The average Bonchev–Trinajstić information content (AvgIpc) is 3.00. The highest BCUT2D eigenvalue weighted by molar-refractivity contribution is 5.96. The van der Waals surface area contributed by atoms with Gasteiger partial charge in [0.05, 0.1) is 6.54 Å². The molecule has 2 heterocycles. The van der Waals surface area contributed by atoms with Crippen LogP contribution in [-0.4, -0.2) is 59.9 Å². The Hall–Kier alpha value is -1.88. The summed E-state index contributed by atoms with van der Waals surface area (Å²) in [6.45, 7) is 8.85. The van der Waals surface area contributed by atoms with E-state index in [0.717, 1.165) is 64.2 Å². The number of hydrogen-bond acceptors (Lipinski definition) is 3. The fourth-order valence-corrected chi connectivity index (χ4v) is 4.69. The lowest BCUT2D eigenvalue weighted by Gasteiger charge is -2.38. The van der Waals surface area contributed by atoms with E-state index in [9.17, 15) is 9.59 Å². The van der Waals surface area contributed by atoms with Crippen molar-refractivity contribution in [3.05, 3.63) is 35.9 Å². The van der Waals surface area contributed by atoms with Gasteiger partial charge in [0.2, 0.25) is 5.91 Å². The maximum absolute atomic E-state index is 13.0. The van der Waals surface area contributed by atoms with Crippen molar-refractivity contribution in [3.8, 4) is 0 Å². The molecule has 154 valence electrons. The summed E-state index contributed by atoms with van der Waals surface area (Å²) in [4.78, 5) is 29.9. The average molecular weight is 386 g/mol. The van der Waals surface area contributed by atoms with Crippen molar-refractivity contribution in [2.24, 2.45) is 5.92 Å². The van der Waals surface area contributed by atoms with Gasteiger partial charge in [-0.3, -0.25) is 9.59 Å². The summed E-state index contributed by atoms with van der Waals surface area (Å²) >= 11 is 0. The summed E-state index contributed by atoms with van der Waals surface area (Å²) in [6.07, 6.45) is 6.71. The predicted molar refractivity (Wildman–Crippen MR) is 112 cm³/mol. The van der Waals surface area contributed by atoms with Gasteiger partial charge in [-0.15, -0.1) is 0 Å². The number of amides is 2. The molecule has 0 unspecified atom stereocenters. The first-order chi connectivity index (χ1) is 13.5. The molecular formula is C23H35N3O2. The minimum absolute atomic E-state index is 0.00113. The normalized spacial score (nSPS) is 23.2. The predicted octanol–water partition coefficient (Wildman–Crippen LogP) is 3.31. The zero-order chi connectivity index (χ0) is 20.0. The Balaban J connectivity index is 1.56. The minimum Gasteiger partial charge on any atom is -0.343 e. The van der Waals surface area contributed by atoms with Crippen molar-refractivity contribution in [2.45, 2.75) is 57.9 Å². The van der Waals surface area contributed by atoms with Gasteiger partial charge in [0.1, 0.15) is 0 Å². The van der Waals surface area contributed by atoms with E-state index in [1.165, 1.54) is 6.42 Å². The zero-order valence-electron chi connectivity index (χ0n) is 17.5. The van der Waals surface area contributed by atoms with Crippen LogP contribution in [0, 0.1) is 5.92 Å². The quantitative estimate of drug-likeness (QED) is 0.817. The van der Waals surface area contributed by atoms with Crippen molar-refractivity contribution in [2.75, 3.05) is 32.7 Å². The van der Waals surface area contributed by atoms with Gasteiger partial charge in [-0.1, -0.05) is 32.0 Å². The monoisotopic (exact) mass is 385 g/mol. The molecule has 0 aliphatic carbocycles. The largest absolute Gasteiger partial charge is 0.343 e. The molecule has 2 fully saturated rings. The molecule has 1 atom stereocenters. The summed E-state index contributed by atoms with van der Waals surface area (Å²) in [5.74, 6) is 0.621. The first-order valence-electron chi connectivity index (χ1n) is 10.9. The van der Waals surface area contributed by atoms with Crippen molar-refractivity contribution in [3.63, 3.8) is 0 Å². The van der Waals surface area contributed by atoms with E-state index in [0.29, 0.717) is 5.56 Å². The Bertz CT molecular complexity index is 661. The highest BCUT2D eigenvalue weighted by Gasteiger charge is 2.43. The van der Waals surface area contributed by atoms with Crippen molar-refractivity contribution in [1.29, 1.82) is 0 Å². The second-order valence-corrected chi connectivity index (χ2v) is 8.80. The Morgan fingerprint density at radius 2 is 1.75 bits per heavy atom. The van der Waals surface area contributed by atoms with Gasteiger partial charge in [-0.2, -0.15) is 0 Å². The smallest absolute Gasteiger partial charge is 0.251 e. The summed E-state index contributed by atoms with van der Waals surface area (Å²) in [5.41, 5.74) is 0.600. The van der Waals surface area contributed by atoms with Gasteiger partial charge in [0.25, 0.3) is 5.91 Å². The number of carbonyl (C=O) groups excluding carboxylic acids is 2. The van der Waals surface area contributed by atoms with E-state index in [4.69, 9.17) is 0 Å². The molecule has 2 aliphatic heterocycles. The lowest BCUT2D eigenvalue weighted by atomic mass is 9.87. The number of nitrogens with zero attached hydrogens (tertiary/aromatic N) is 2. The Morgan fingerprint density at radius 3 is 2.46 bits per heavy atom. The third-order valence-corrected chi connectivity index (χ3v) is 6.37. The van der Waals surface area contributed by atoms with Crippen LogP contribution in [-0.2, 0) is 4.79 Å². The molecule has 1 aromatic rings. The molecule has 5 heteroatoms. The molecule has 0 saturated carbocycles. The number of benzene rings is 1. The van der Waals surface area contributed by atoms with Crippen LogP contribution < -0.4 is 5.32 Å². The topological polar surface area (TPSA) is 52.6 Å². The lowest BCUT2D eigenvalue weighted by Crippen LogP contribution is -2.51. The maximum atomic E-state index is 13.0. The van der Waals surface area contributed by atoms with E-state index in [-0.39, 0.29) is 23.9 Å². The summed E-state index contributed by atoms with van der Waals surface area (Å²) in [7, 11) is 0. The molecule has 28 heavy (non-hydrogen) atoms. The fraction of sp³-hybridized carbons (Fsp3) is 0.652. The van der Waals surface area contributed by atoms with Crippen molar-refractivity contribution < 1.29 is 9.59 Å². The van der Waals surface area contributed by atoms with Gasteiger partial charge < -0.3 is 15.1 Å². The van der Waals surface area contributed by atoms with Crippen molar-refractivity contribution in [1.82, 2.24) is 15.1 Å². The second-order valence-electron chi connectivity index (χ2n) is 8.80. The first-order valence-corrected chi connectivity index (χ1v) is 10.9. The standard InChI is InChI=1S/C23H35N3O2/c1-19(2)10-16-25-14-6-11-23(13-17-25)12-7-15-26(23)21(27)18-24-22(28)20-8-4-3-5-9-20/h3-5,8-9,19H,6-7,10-18H2,1-2H3,(H,24,28)/t23-/m1/s1. The molecule has 2 aliphatic rings. The molecule has 0 bridgehead atoms. The van der Waals surface area contributed by atoms with Crippen LogP contribution in [0.1, 0.15) is 62.7 Å². The van der Waals surface area contributed by atoms with E-state index < -0.39 is 0 Å². The molecule has 1 aromatic carbocycles. The van der Waals surface area contributed by atoms with E-state index in [2.05, 4.69) is 29.0 Å². The highest BCUT2D eigenvalue weighted by atomic mass is 16.2. The molecule has 2 amide bonds. The van der Waals surface area contributed by atoms with E-state index in [1.54, 1.807) is 12.1 Å². The van der Waals surface area contributed by atoms with Crippen LogP contribution in [0.25, 0.3) is 0 Å². The molecule has 3 rings (SSSR count). The van der Waals surface area contributed by atoms with E-state index >= 15 is 0 Å². The number of likely N-dealkylation sites (tertiary alicyclic amines) is 2. The fourth-order valence-electron chi connectivity index (χ4n) is 4.69. The van der Waals surface area contributed by atoms with E-state index in [1.807, 2.05) is 18.2 Å². The Morgan fingerprint density at radius 1 is 1.04 bits per heavy atom. The third kappa shape index (κ3) is 5.13. The Kier molecular flexibility index (Phi) is 7.11. The molecule has 2 saturated heterocycles. The SMILES string of the molecule is CC(C)CCN1CCC[C@@]2(CCCN2C(=O)CNC(=O)c2ccccc2)CC1. The zero-order valence-corrected chi connectivity index (χ0v) is 17.5. The third-order valence-electron chi connectivity index (χ3n) is 6.37. The molecule has 5 nitrogen and oxygen atoms in total. The molecular weight excluding hydrogens is 350 g/mol. The first kappa shape index (κ1) is 20.8. The minimum atomic E-state index is -0.178. The lowest BCUT2D eigenvalue weighted by molar-refractivity contribution is -0.134. The highest BCUT2D eigenvalue weighted by Crippen LogP contribution is 2.38. The molecule has 1 spiro atoms. The maximum Gasteiger partial charge on any atom is 0.251 e. The van der Waals surface area contributed by atoms with Gasteiger partial charge >= 0.3 is 0 Å². The summed E-state index contributed by atoms with van der Waals surface area (Å²) in [6, 6.07) is 9.10. The van der Waals surface area contributed by atoms with Crippen LogP contribution in [0.2, 0.25) is 0 Å². The van der Waals surface area contributed by atoms with Gasteiger partial charge in [0.15, 0.2) is 0 Å². The van der Waals surface area contributed by atoms with Gasteiger partial charge in [0, 0.05) is 24.2 Å². The molecule has 0 radical (unpaired) electrons. The van der Waals surface area contributed by atoms with Crippen LogP contribution in [0.3, 0.4) is 0 Å². The number of rotatable bonds is 6. The summed E-state index contributed by atoms with van der Waals surface area (Å²) in [5, 5.41) is 2.81. The van der Waals surface area contributed by atoms with Crippen LogP contribution in [0.15, 0.2) is 30.3 Å². The Labute approximate surface area is 169 Å². The van der Waals surface area contributed by atoms with Gasteiger partial charge in [-0.05, 0) is 69.7 Å². The molecule has 1 N–H and O–H groups in total. The molecule has 0 aromatic heterocycles. The van der Waals surface area contributed by atoms with Crippen LogP contribution in [0.4, 0.5) is 0 Å². The number of nitrogens with one attached hydrogen (secondary N) is 1. The van der Waals surface area contributed by atoms with Crippen LogP contribution in [0.5, 0.6) is 0 Å². The number of carbonyl (C=O) groups is 2. The summed E-state index contributed by atoms with van der Waals surface area (Å²) < 4.78 is 0. The van der Waals surface area contributed by atoms with Crippen molar-refractivity contribution >= 4 is 11.8 Å². The van der Waals surface area contributed by atoms with Gasteiger partial charge in [-0.25, -0.2) is 0 Å². The van der Waals surface area contributed by atoms with Crippen LogP contribution >= 0.6 is 0 Å². The second kappa shape index (κ2) is 9.55. The number of hydrogen-bond donors (Lipinski definition) is 1.